The van der Waals surface area contributed by atoms with Gasteiger partial charge in [0.25, 0.3) is 5.91 Å². The monoisotopic (exact) mass is 475 g/mol. The number of benzene rings is 2. The standard InChI is InChI=1S/C21H23N5O.C2HF3O2/c22-21(27)19-3-1-2-15-12-26(24-20(15)19)17-7-4-14(5-8-17)11-25-13-16-6-9-18(25)10-23-16;3-2(4,5)1(6)7/h1-5,7-8,12,16,18,23H,6,9-11,13H2,(H2,22,27);(H,6,7). The van der Waals surface area contributed by atoms with Crippen molar-refractivity contribution in [2.45, 2.75) is 37.6 Å². The smallest absolute Gasteiger partial charge is 0.475 e. The summed E-state index contributed by atoms with van der Waals surface area (Å²) in [5, 5.41) is 16.2. The number of nitrogens with two attached hydrogens (primary N) is 1. The first kappa shape index (κ1) is 23.7. The van der Waals surface area contributed by atoms with Gasteiger partial charge in [0.2, 0.25) is 0 Å². The van der Waals surface area contributed by atoms with Gasteiger partial charge in [-0.05, 0) is 36.6 Å². The van der Waals surface area contributed by atoms with Crippen molar-refractivity contribution in [2.75, 3.05) is 13.1 Å². The van der Waals surface area contributed by atoms with Gasteiger partial charge in [-0.1, -0.05) is 24.3 Å². The van der Waals surface area contributed by atoms with Crippen LogP contribution < -0.4 is 11.1 Å². The number of amides is 1. The van der Waals surface area contributed by atoms with Crippen molar-refractivity contribution in [2.24, 2.45) is 5.73 Å². The Balaban J connectivity index is 0.000000344. The Bertz CT molecular complexity index is 1180. The molecule has 0 radical (unpaired) electrons. The molecular weight excluding hydrogens is 451 g/mol. The van der Waals surface area contributed by atoms with E-state index in [1.807, 2.05) is 23.0 Å². The third-order valence-corrected chi connectivity index (χ3v) is 6.09. The zero-order chi connectivity index (χ0) is 24.5. The van der Waals surface area contributed by atoms with Crippen LogP contribution in [0.2, 0.25) is 0 Å². The molecule has 0 spiro atoms. The molecule has 34 heavy (non-hydrogen) atoms. The van der Waals surface area contributed by atoms with Gasteiger partial charge < -0.3 is 16.2 Å². The molecule has 2 bridgehead atoms. The number of nitrogens with one attached hydrogen (secondary N) is 1. The van der Waals surface area contributed by atoms with Crippen LogP contribution >= 0.6 is 0 Å². The minimum Gasteiger partial charge on any atom is -0.475 e. The van der Waals surface area contributed by atoms with E-state index in [1.165, 1.54) is 18.4 Å². The quantitative estimate of drug-likeness (QED) is 0.535. The number of piperazine rings is 1. The van der Waals surface area contributed by atoms with E-state index in [4.69, 9.17) is 15.6 Å². The summed E-state index contributed by atoms with van der Waals surface area (Å²) in [4.78, 5) is 23.1. The number of halogens is 3. The largest absolute Gasteiger partial charge is 0.490 e. The fourth-order valence-corrected chi connectivity index (χ4v) is 4.36. The Hall–Kier alpha value is -3.44. The first-order valence-electron chi connectivity index (χ1n) is 10.8. The number of piperidine rings is 2. The fourth-order valence-electron chi connectivity index (χ4n) is 4.36. The summed E-state index contributed by atoms with van der Waals surface area (Å²) in [6.07, 6.45) is -0.538. The van der Waals surface area contributed by atoms with Crippen LogP contribution in [0.1, 0.15) is 28.8 Å². The molecule has 4 heterocycles. The predicted molar refractivity (Wildman–Crippen MR) is 119 cm³/mol. The molecule has 1 aromatic heterocycles. The second-order valence-corrected chi connectivity index (χ2v) is 8.42. The second kappa shape index (κ2) is 9.43. The Morgan fingerprint density at radius 2 is 1.85 bits per heavy atom. The molecule has 2 atom stereocenters. The van der Waals surface area contributed by atoms with Gasteiger partial charge in [-0.3, -0.25) is 9.69 Å². The van der Waals surface area contributed by atoms with Gasteiger partial charge in [0.1, 0.15) is 5.52 Å². The summed E-state index contributed by atoms with van der Waals surface area (Å²) in [6.45, 7) is 3.26. The average molecular weight is 475 g/mol. The average Bonchev–Trinajstić information content (AvgIpc) is 3.24. The summed E-state index contributed by atoms with van der Waals surface area (Å²) in [5.41, 5.74) is 8.86. The highest BCUT2D eigenvalue weighted by atomic mass is 19.4. The lowest BCUT2D eigenvalue weighted by molar-refractivity contribution is -0.192. The van der Waals surface area contributed by atoms with Crippen molar-refractivity contribution in [3.63, 3.8) is 0 Å². The molecule has 2 unspecified atom stereocenters. The molecule has 0 saturated carbocycles. The fraction of sp³-hybridized carbons (Fsp3) is 0.348. The van der Waals surface area contributed by atoms with Gasteiger partial charge in [-0.15, -0.1) is 0 Å². The number of fused-ring (bicyclic) bond motifs is 4. The summed E-state index contributed by atoms with van der Waals surface area (Å²) in [7, 11) is 0. The van der Waals surface area contributed by atoms with E-state index in [0.717, 1.165) is 30.7 Å². The highest BCUT2D eigenvalue weighted by Gasteiger charge is 2.38. The zero-order valence-electron chi connectivity index (χ0n) is 18.1. The number of carboxylic acid groups (broad SMARTS) is 1. The van der Waals surface area contributed by atoms with Gasteiger partial charge in [-0.2, -0.15) is 18.3 Å². The molecule has 180 valence electrons. The molecule has 2 aromatic carbocycles. The molecule has 1 amide bonds. The predicted octanol–water partition coefficient (Wildman–Crippen LogP) is 2.69. The van der Waals surface area contributed by atoms with Crippen LogP contribution in [0.3, 0.4) is 0 Å². The lowest BCUT2D eigenvalue weighted by atomic mass is 9.92. The van der Waals surface area contributed by atoms with E-state index >= 15 is 0 Å². The number of aliphatic carboxylic acids is 1. The van der Waals surface area contributed by atoms with Crippen LogP contribution in [0.5, 0.6) is 0 Å². The van der Waals surface area contributed by atoms with Gasteiger partial charge >= 0.3 is 12.1 Å². The Morgan fingerprint density at radius 3 is 2.38 bits per heavy atom. The molecule has 3 aliphatic heterocycles. The molecule has 11 heteroatoms. The summed E-state index contributed by atoms with van der Waals surface area (Å²) < 4.78 is 33.5. The number of aromatic nitrogens is 2. The highest BCUT2D eigenvalue weighted by Crippen LogP contribution is 2.25. The molecule has 3 saturated heterocycles. The van der Waals surface area contributed by atoms with Crippen molar-refractivity contribution >= 4 is 22.8 Å². The van der Waals surface area contributed by atoms with Gasteiger partial charge in [0.15, 0.2) is 0 Å². The van der Waals surface area contributed by atoms with Crippen LogP contribution in [-0.4, -0.2) is 63.0 Å². The lowest BCUT2D eigenvalue weighted by Crippen LogP contribution is -2.60. The SMILES string of the molecule is NC(=O)c1cccc2cn(-c3ccc(CN4CC5CCC4CN5)cc3)nc12.O=C(O)C(F)(F)F. The van der Waals surface area contributed by atoms with Crippen molar-refractivity contribution in [3.05, 3.63) is 59.8 Å². The molecule has 8 nitrogen and oxygen atoms in total. The first-order valence-corrected chi connectivity index (χ1v) is 10.8. The molecule has 3 aliphatic rings. The van der Waals surface area contributed by atoms with Crippen LogP contribution in [0.15, 0.2) is 48.7 Å². The normalized spacial score (nSPS) is 20.1. The molecule has 3 fully saturated rings. The van der Waals surface area contributed by atoms with Crippen molar-refractivity contribution < 1.29 is 27.9 Å². The first-order chi connectivity index (χ1) is 16.1. The molecule has 4 N–H and O–H groups in total. The van der Waals surface area contributed by atoms with Crippen molar-refractivity contribution in [1.82, 2.24) is 20.0 Å². The number of rotatable bonds is 4. The van der Waals surface area contributed by atoms with Crippen LogP contribution in [-0.2, 0) is 11.3 Å². The third kappa shape index (κ3) is 5.20. The second-order valence-electron chi connectivity index (χ2n) is 8.42. The Kier molecular flexibility index (Phi) is 6.58. The molecule has 3 aromatic rings. The van der Waals surface area contributed by atoms with Gasteiger partial charge in [0, 0.05) is 43.3 Å². The maximum absolute atomic E-state index is 11.6. The maximum atomic E-state index is 11.6. The summed E-state index contributed by atoms with van der Waals surface area (Å²) in [6, 6.07) is 15.3. The van der Waals surface area contributed by atoms with E-state index in [1.54, 1.807) is 6.07 Å². The number of carboxylic acids is 1. The van der Waals surface area contributed by atoms with Crippen molar-refractivity contribution in [1.29, 1.82) is 0 Å². The van der Waals surface area contributed by atoms with E-state index in [9.17, 15) is 18.0 Å². The number of primary amides is 1. The number of hydrogen-bond acceptors (Lipinski definition) is 5. The van der Waals surface area contributed by atoms with Gasteiger partial charge in [0.05, 0.1) is 11.3 Å². The maximum Gasteiger partial charge on any atom is 0.490 e. The molecule has 6 rings (SSSR count). The highest BCUT2D eigenvalue weighted by molar-refractivity contribution is 6.04. The number of hydrogen-bond donors (Lipinski definition) is 3. The Labute approximate surface area is 193 Å². The van der Waals surface area contributed by atoms with Crippen LogP contribution in [0, 0.1) is 0 Å². The van der Waals surface area contributed by atoms with E-state index < -0.39 is 18.1 Å². The number of carbonyl (C=O) groups excluding carboxylic acids is 1. The van der Waals surface area contributed by atoms with Crippen molar-refractivity contribution in [3.8, 4) is 5.69 Å². The molecule has 0 aliphatic carbocycles. The summed E-state index contributed by atoms with van der Waals surface area (Å²) in [5.74, 6) is -3.21. The van der Waals surface area contributed by atoms with E-state index in [2.05, 4.69) is 39.6 Å². The van der Waals surface area contributed by atoms with Gasteiger partial charge in [-0.25, -0.2) is 9.48 Å². The molecular formula is C23H24F3N5O3. The van der Waals surface area contributed by atoms with E-state index in [-0.39, 0.29) is 0 Å². The number of carbonyl (C=O) groups is 2. The minimum absolute atomic E-state index is 0.452. The Morgan fingerprint density at radius 1 is 1.15 bits per heavy atom. The minimum atomic E-state index is -5.08. The topological polar surface area (TPSA) is 113 Å². The number of nitrogens with zero attached hydrogens (tertiary/aromatic N) is 3. The lowest BCUT2D eigenvalue weighted by Gasteiger charge is -2.46. The zero-order valence-corrected chi connectivity index (χ0v) is 18.1. The van der Waals surface area contributed by atoms with Crippen LogP contribution in [0.4, 0.5) is 13.2 Å². The van der Waals surface area contributed by atoms with E-state index in [0.29, 0.717) is 23.2 Å². The van der Waals surface area contributed by atoms with Crippen LogP contribution in [0.25, 0.3) is 16.6 Å². The summed E-state index contributed by atoms with van der Waals surface area (Å²) >= 11 is 0. The third-order valence-electron chi connectivity index (χ3n) is 6.09. The number of alkyl halides is 3.